The number of para-hydroxylation sites is 1. The smallest absolute Gasteiger partial charge is 0.387 e. The number of ether oxygens (including phenoxy) is 2. The van der Waals surface area contributed by atoms with Gasteiger partial charge in [0.1, 0.15) is 18.1 Å². The fourth-order valence-corrected chi connectivity index (χ4v) is 3.74. The molecule has 0 aliphatic heterocycles. The number of aryl methyl sites for hydroxylation is 2. The average Bonchev–Trinajstić information content (AvgIpc) is 3.12. The molecule has 1 aromatic heterocycles. The van der Waals surface area contributed by atoms with Gasteiger partial charge >= 0.3 is 6.61 Å². The molecule has 0 spiro atoms. The summed E-state index contributed by atoms with van der Waals surface area (Å²) in [7, 11) is 0. The maximum Gasteiger partial charge on any atom is 0.387 e. The fourth-order valence-electron chi connectivity index (χ4n) is 3.03. The second kappa shape index (κ2) is 11.5. The number of aromatic nitrogens is 3. The van der Waals surface area contributed by atoms with Crippen molar-refractivity contribution < 1.29 is 23.0 Å². The third-order valence-corrected chi connectivity index (χ3v) is 5.65. The lowest BCUT2D eigenvalue weighted by atomic mass is 10.1. The highest BCUT2D eigenvalue weighted by Crippen LogP contribution is 2.23. The minimum Gasteiger partial charge on any atom is -0.485 e. The molecule has 176 valence electrons. The molecule has 0 unspecified atom stereocenters. The Morgan fingerprint density at radius 2 is 1.85 bits per heavy atom. The number of nitrogens with zero attached hydrogens (tertiary/aromatic N) is 3. The zero-order valence-corrected chi connectivity index (χ0v) is 19.1. The van der Waals surface area contributed by atoms with Gasteiger partial charge in [-0.2, -0.15) is 8.78 Å². The number of hydrogen-bond acceptors (Lipinski definition) is 7. The largest absolute Gasteiger partial charge is 0.485 e. The lowest BCUT2D eigenvalue weighted by Crippen LogP contribution is -2.27. The summed E-state index contributed by atoms with van der Waals surface area (Å²) in [5.41, 5.74) is 2.92. The van der Waals surface area contributed by atoms with Crippen molar-refractivity contribution in [3.05, 3.63) is 65.0 Å². The number of thioether (sulfide) groups is 1. The van der Waals surface area contributed by atoms with Gasteiger partial charge in [0, 0.05) is 6.54 Å². The topological polar surface area (TPSA) is 104 Å². The van der Waals surface area contributed by atoms with Crippen LogP contribution in [-0.2, 0) is 17.8 Å². The van der Waals surface area contributed by atoms with Gasteiger partial charge in [-0.25, -0.2) is 4.68 Å². The van der Waals surface area contributed by atoms with Crippen LogP contribution in [0.1, 0.15) is 22.5 Å². The van der Waals surface area contributed by atoms with Crippen molar-refractivity contribution in [3.8, 4) is 11.5 Å². The van der Waals surface area contributed by atoms with Crippen LogP contribution >= 0.6 is 11.8 Å². The van der Waals surface area contributed by atoms with Crippen LogP contribution in [-0.4, -0.2) is 39.7 Å². The Kier molecular flexibility index (Phi) is 8.47. The first kappa shape index (κ1) is 24.3. The van der Waals surface area contributed by atoms with Crippen molar-refractivity contribution in [3.63, 3.8) is 0 Å². The van der Waals surface area contributed by atoms with E-state index in [4.69, 9.17) is 10.6 Å². The lowest BCUT2D eigenvalue weighted by Gasteiger charge is -2.11. The first-order valence-corrected chi connectivity index (χ1v) is 11.1. The Hall–Kier alpha value is -3.34. The predicted molar refractivity (Wildman–Crippen MR) is 121 cm³/mol. The number of nitrogens with two attached hydrogens (primary N) is 1. The molecule has 8 nitrogen and oxygen atoms in total. The number of rotatable bonds is 11. The second-order valence-corrected chi connectivity index (χ2v) is 8.13. The molecular formula is C22H25F2N5O3S. The third kappa shape index (κ3) is 7.07. The number of carbonyl (C=O) groups is 1. The van der Waals surface area contributed by atoms with E-state index in [-0.39, 0.29) is 24.0 Å². The molecule has 0 saturated heterocycles. The summed E-state index contributed by atoms with van der Waals surface area (Å²) in [4.78, 5) is 12.1. The van der Waals surface area contributed by atoms with Crippen molar-refractivity contribution in [1.29, 1.82) is 0 Å². The number of amides is 1. The van der Waals surface area contributed by atoms with Crippen molar-refractivity contribution in [2.75, 3.05) is 18.1 Å². The fraction of sp³-hybridized carbons (Fsp3) is 0.318. The lowest BCUT2D eigenvalue weighted by molar-refractivity contribution is -0.118. The van der Waals surface area contributed by atoms with Gasteiger partial charge in [0.25, 0.3) is 0 Å². The van der Waals surface area contributed by atoms with E-state index in [2.05, 4.69) is 20.3 Å². The van der Waals surface area contributed by atoms with Gasteiger partial charge in [-0.15, -0.1) is 10.2 Å². The van der Waals surface area contributed by atoms with E-state index in [9.17, 15) is 13.6 Å². The summed E-state index contributed by atoms with van der Waals surface area (Å²) in [5, 5.41) is 11.3. The number of halogens is 2. The maximum atomic E-state index is 12.2. The van der Waals surface area contributed by atoms with Gasteiger partial charge in [-0.05, 0) is 49.1 Å². The Morgan fingerprint density at radius 1 is 1.15 bits per heavy atom. The van der Waals surface area contributed by atoms with E-state index < -0.39 is 6.61 Å². The molecule has 1 amide bonds. The third-order valence-electron chi connectivity index (χ3n) is 4.71. The van der Waals surface area contributed by atoms with Gasteiger partial charge in [-0.3, -0.25) is 4.79 Å². The van der Waals surface area contributed by atoms with Gasteiger partial charge in [0.15, 0.2) is 5.82 Å². The minimum absolute atomic E-state index is 0.0962. The summed E-state index contributed by atoms with van der Waals surface area (Å²) in [6, 6.07) is 12.2. The van der Waals surface area contributed by atoms with E-state index >= 15 is 0 Å². The monoisotopic (exact) mass is 477 g/mol. The molecule has 3 N–H and O–H groups in total. The van der Waals surface area contributed by atoms with Gasteiger partial charge in [-0.1, -0.05) is 42.1 Å². The predicted octanol–water partition coefficient (Wildman–Crippen LogP) is 3.24. The molecule has 11 heteroatoms. The van der Waals surface area contributed by atoms with E-state index in [0.29, 0.717) is 23.9 Å². The first-order chi connectivity index (χ1) is 15.8. The molecule has 3 aromatic rings. The quantitative estimate of drug-likeness (QED) is 0.323. The van der Waals surface area contributed by atoms with E-state index in [0.717, 1.165) is 22.4 Å². The van der Waals surface area contributed by atoms with E-state index in [1.807, 2.05) is 32.0 Å². The molecule has 0 bridgehead atoms. The molecular weight excluding hydrogens is 452 g/mol. The summed E-state index contributed by atoms with van der Waals surface area (Å²) in [5.74, 6) is 7.31. The van der Waals surface area contributed by atoms with Gasteiger partial charge < -0.3 is 20.6 Å². The summed E-state index contributed by atoms with van der Waals surface area (Å²) < 4.78 is 35.8. The zero-order chi connectivity index (χ0) is 23.8. The van der Waals surface area contributed by atoms with E-state index in [1.165, 1.54) is 28.6 Å². The summed E-state index contributed by atoms with van der Waals surface area (Å²) >= 11 is 1.17. The van der Waals surface area contributed by atoms with Gasteiger partial charge in [0.2, 0.25) is 11.1 Å². The van der Waals surface area contributed by atoms with Crippen LogP contribution in [0.4, 0.5) is 8.78 Å². The molecule has 33 heavy (non-hydrogen) atoms. The molecule has 0 aliphatic carbocycles. The number of nitrogens with one attached hydrogen (secondary N) is 1. The molecule has 0 atom stereocenters. The highest BCUT2D eigenvalue weighted by Gasteiger charge is 2.14. The van der Waals surface area contributed by atoms with Crippen LogP contribution in [0.3, 0.4) is 0 Å². The molecule has 0 saturated carbocycles. The second-order valence-electron chi connectivity index (χ2n) is 7.19. The van der Waals surface area contributed by atoms with Crippen molar-refractivity contribution in [2.24, 2.45) is 0 Å². The van der Waals surface area contributed by atoms with Crippen molar-refractivity contribution >= 4 is 17.7 Å². The van der Waals surface area contributed by atoms with Crippen LogP contribution in [0.15, 0.2) is 47.6 Å². The zero-order valence-electron chi connectivity index (χ0n) is 18.3. The Balaban J connectivity index is 1.42. The molecule has 1 heterocycles. The summed E-state index contributed by atoms with van der Waals surface area (Å²) in [6.07, 6.45) is 0.554. The number of nitrogen functional groups attached to an aromatic ring is 1. The Morgan fingerprint density at radius 3 is 2.52 bits per heavy atom. The molecule has 3 rings (SSSR count). The minimum atomic E-state index is -2.85. The first-order valence-electron chi connectivity index (χ1n) is 10.1. The molecule has 0 aliphatic rings. The number of benzene rings is 2. The Labute approximate surface area is 194 Å². The SMILES string of the molecule is Cc1cccc(C)c1OCc1nnc(SCC(=O)NCCc2ccc(OC(F)F)cc2)n1N. The standard InChI is InChI=1S/C22H25F2N5O3S/c1-14-4-3-5-15(2)20(14)31-12-18-27-28-22(29(18)25)33-13-19(30)26-11-10-16-6-8-17(9-7-16)32-21(23)24/h3-9,21H,10-13,25H2,1-2H3,(H,26,30). The number of alkyl halides is 2. The van der Waals surface area contributed by atoms with Crippen LogP contribution in [0.25, 0.3) is 0 Å². The Bertz CT molecular complexity index is 1060. The maximum absolute atomic E-state index is 12.2. The molecule has 2 aromatic carbocycles. The van der Waals surface area contributed by atoms with E-state index in [1.54, 1.807) is 12.1 Å². The van der Waals surface area contributed by atoms with Crippen molar-refractivity contribution in [2.45, 2.75) is 38.6 Å². The van der Waals surface area contributed by atoms with Crippen molar-refractivity contribution in [1.82, 2.24) is 20.2 Å². The summed E-state index contributed by atoms with van der Waals surface area (Å²) in [6.45, 7) is 1.63. The normalized spacial score (nSPS) is 10.9. The van der Waals surface area contributed by atoms with Crippen LogP contribution in [0.5, 0.6) is 11.5 Å². The highest BCUT2D eigenvalue weighted by molar-refractivity contribution is 7.99. The van der Waals surface area contributed by atoms with Gasteiger partial charge in [0.05, 0.1) is 5.75 Å². The molecule has 0 radical (unpaired) electrons. The van der Waals surface area contributed by atoms with Crippen LogP contribution in [0.2, 0.25) is 0 Å². The number of hydrogen-bond donors (Lipinski definition) is 2. The molecule has 0 fully saturated rings. The average molecular weight is 478 g/mol. The van der Waals surface area contributed by atoms with Crippen LogP contribution in [0, 0.1) is 13.8 Å². The number of carbonyl (C=O) groups excluding carboxylic acids is 1. The van der Waals surface area contributed by atoms with Crippen LogP contribution < -0.4 is 20.6 Å². The highest BCUT2D eigenvalue weighted by atomic mass is 32.2.